The Hall–Kier alpha value is -4.50. The van der Waals surface area contributed by atoms with E-state index in [2.05, 4.69) is 19.6 Å². The van der Waals surface area contributed by atoms with E-state index >= 15 is 4.39 Å². The standard InChI is InChI=1S/C37H55FN6O7Si/c1-23(2)19-26-32(38)28(20-42(7)31(45)14-12-11-13-30(36(47)48)51-37(49)41(5)6)40-33-25(4)29(21-43-24(3)15-16-27(39)35(43)46)44(34(26)33)22-50-17-18-52(8,9)10/h12,14-16,23,30H,11,13,17-22,39H2,1-10H3,(H,47,48)/b14-12+/t30-/m0/s1. The Balaban J connectivity index is 2.02. The van der Waals surface area contributed by atoms with E-state index in [9.17, 15) is 24.3 Å². The number of aromatic nitrogens is 3. The summed E-state index contributed by atoms with van der Waals surface area (Å²) in [5.74, 6) is -2.16. The number of rotatable bonds is 17. The predicted molar refractivity (Wildman–Crippen MR) is 202 cm³/mol. The summed E-state index contributed by atoms with van der Waals surface area (Å²) >= 11 is 0. The summed E-state index contributed by atoms with van der Waals surface area (Å²) < 4.78 is 31.4. The number of carbonyl (C=O) groups is 3. The van der Waals surface area contributed by atoms with Gasteiger partial charge in [0.2, 0.25) is 12.0 Å². The highest BCUT2D eigenvalue weighted by Crippen LogP contribution is 2.33. The van der Waals surface area contributed by atoms with Gasteiger partial charge in [-0.2, -0.15) is 0 Å². The van der Waals surface area contributed by atoms with E-state index in [1.807, 2.05) is 32.3 Å². The second-order valence-corrected chi connectivity index (χ2v) is 20.7. The molecule has 3 aromatic heterocycles. The molecule has 3 N–H and O–H groups in total. The summed E-state index contributed by atoms with van der Waals surface area (Å²) in [6.07, 6.45) is 1.14. The topological polar surface area (TPSA) is 162 Å². The molecule has 3 aromatic rings. The first-order chi connectivity index (χ1) is 24.2. The molecule has 2 amide bonds. The molecule has 0 aliphatic carbocycles. The number of fused-ring (bicyclic) bond motifs is 1. The van der Waals surface area contributed by atoms with E-state index < -0.39 is 38.0 Å². The summed E-state index contributed by atoms with van der Waals surface area (Å²) in [5, 5.41) is 9.41. The molecule has 13 nitrogen and oxygen atoms in total. The minimum atomic E-state index is -1.39. The lowest BCUT2D eigenvalue weighted by Gasteiger charge is -2.20. The Kier molecular flexibility index (Phi) is 14.4. The fourth-order valence-corrected chi connectivity index (χ4v) is 6.38. The van der Waals surface area contributed by atoms with Crippen molar-refractivity contribution in [3.8, 4) is 0 Å². The molecule has 3 heterocycles. The molecule has 0 radical (unpaired) electrons. The fourth-order valence-electron chi connectivity index (χ4n) is 5.62. The number of aryl methyl sites for hydroxylation is 2. The van der Waals surface area contributed by atoms with Crippen LogP contribution in [0.4, 0.5) is 14.9 Å². The predicted octanol–water partition coefficient (Wildman–Crippen LogP) is 5.54. The monoisotopic (exact) mass is 742 g/mol. The van der Waals surface area contributed by atoms with Crippen molar-refractivity contribution in [3.05, 3.63) is 68.7 Å². The summed E-state index contributed by atoms with van der Waals surface area (Å²) in [5.41, 5.74) is 9.76. The molecule has 0 saturated heterocycles. The van der Waals surface area contributed by atoms with Crippen LogP contribution < -0.4 is 11.3 Å². The molecular formula is C37H55FN6O7Si. The van der Waals surface area contributed by atoms with E-state index in [1.165, 1.54) is 38.2 Å². The number of carboxylic acids is 1. The first-order valence-corrected chi connectivity index (χ1v) is 21.2. The maximum absolute atomic E-state index is 16.7. The molecule has 0 fully saturated rings. The largest absolute Gasteiger partial charge is 0.479 e. The summed E-state index contributed by atoms with van der Waals surface area (Å²) in [7, 11) is 3.03. The van der Waals surface area contributed by atoms with Gasteiger partial charge in [-0.25, -0.2) is 19.0 Å². The highest BCUT2D eigenvalue weighted by atomic mass is 28.3. The van der Waals surface area contributed by atoms with Crippen LogP contribution in [-0.4, -0.2) is 88.9 Å². The molecule has 0 spiro atoms. The van der Waals surface area contributed by atoms with Crippen LogP contribution in [0.3, 0.4) is 0 Å². The van der Waals surface area contributed by atoms with Gasteiger partial charge in [-0.1, -0.05) is 39.6 Å². The van der Waals surface area contributed by atoms with E-state index in [0.29, 0.717) is 29.6 Å². The smallest absolute Gasteiger partial charge is 0.410 e. The Labute approximate surface area is 306 Å². The number of nitrogen functional groups attached to an aromatic ring is 1. The number of nitrogens with zero attached hydrogens (tertiary/aromatic N) is 5. The number of allylic oxidation sites excluding steroid dienone is 1. The molecule has 0 aromatic carbocycles. The number of carbonyl (C=O) groups excluding carboxylic acids is 2. The van der Waals surface area contributed by atoms with Gasteiger partial charge in [-0.3, -0.25) is 9.59 Å². The van der Waals surface area contributed by atoms with Gasteiger partial charge in [0.25, 0.3) is 5.56 Å². The normalized spacial score (nSPS) is 12.5. The number of amides is 2. The molecular weight excluding hydrogens is 688 g/mol. The number of halogens is 1. The summed E-state index contributed by atoms with van der Waals surface area (Å²) in [4.78, 5) is 56.9. The molecule has 52 heavy (non-hydrogen) atoms. The lowest BCUT2D eigenvalue weighted by molar-refractivity contribution is -0.147. The summed E-state index contributed by atoms with van der Waals surface area (Å²) in [6.45, 7) is 15.3. The molecule has 0 aliphatic rings. The van der Waals surface area contributed by atoms with E-state index in [-0.39, 0.29) is 55.5 Å². The fraction of sp³-hybridized carbons (Fsp3) is 0.541. The Morgan fingerprint density at radius 3 is 2.38 bits per heavy atom. The van der Waals surface area contributed by atoms with Crippen molar-refractivity contribution in [1.29, 1.82) is 0 Å². The average Bonchev–Trinajstić information content (AvgIpc) is 3.30. The minimum absolute atomic E-state index is 0.0322. The van der Waals surface area contributed by atoms with Gasteiger partial charge in [0.1, 0.15) is 6.73 Å². The number of pyridine rings is 2. The third-order valence-corrected chi connectivity index (χ3v) is 10.4. The molecule has 0 unspecified atom stereocenters. The van der Waals surface area contributed by atoms with Gasteiger partial charge in [-0.05, 0) is 68.8 Å². The van der Waals surface area contributed by atoms with Crippen molar-refractivity contribution in [2.75, 3.05) is 33.5 Å². The van der Waals surface area contributed by atoms with E-state index in [0.717, 1.165) is 27.9 Å². The van der Waals surface area contributed by atoms with E-state index in [4.69, 9.17) is 20.2 Å². The quantitative estimate of drug-likeness (QED) is 0.103. The van der Waals surface area contributed by atoms with Crippen LogP contribution in [0.5, 0.6) is 0 Å². The Morgan fingerprint density at radius 2 is 1.79 bits per heavy atom. The van der Waals surface area contributed by atoms with Gasteiger partial charge in [-0.15, -0.1) is 0 Å². The van der Waals surface area contributed by atoms with Gasteiger partial charge in [0.05, 0.1) is 35.5 Å². The zero-order valence-corrected chi connectivity index (χ0v) is 33.2. The highest BCUT2D eigenvalue weighted by molar-refractivity contribution is 6.76. The van der Waals surface area contributed by atoms with Crippen LogP contribution in [0, 0.1) is 25.6 Å². The van der Waals surface area contributed by atoms with Gasteiger partial charge in [0, 0.05) is 52.8 Å². The minimum Gasteiger partial charge on any atom is -0.479 e. The maximum atomic E-state index is 16.7. The zero-order chi connectivity index (χ0) is 39.1. The number of carboxylic acid groups (broad SMARTS) is 1. The number of anilines is 1. The van der Waals surface area contributed by atoms with Crippen molar-refractivity contribution >= 4 is 42.8 Å². The first kappa shape index (κ1) is 41.9. The lowest BCUT2D eigenvalue weighted by atomic mass is 10.00. The number of hydrogen-bond donors (Lipinski definition) is 2. The number of aliphatic carboxylic acids is 1. The van der Waals surface area contributed by atoms with Crippen molar-refractivity contribution < 1.29 is 33.4 Å². The van der Waals surface area contributed by atoms with Crippen LogP contribution in [0.2, 0.25) is 25.7 Å². The van der Waals surface area contributed by atoms with Gasteiger partial charge < -0.3 is 39.2 Å². The third kappa shape index (κ3) is 10.8. The van der Waals surface area contributed by atoms with Crippen molar-refractivity contribution in [2.24, 2.45) is 5.92 Å². The van der Waals surface area contributed by atoms with Crippen molar-refractivity contribution in [2.45, 2.75) is 98.6 Å². The Bertz CT molecular complexity index is 1860. The average molecular weight is 743 g/mol. The SMILES string of the molecule is Cc1c(Cn2c(C)ccc(N)c2=O)n(COCC[Si](C)(C)C)c2c(CC(C)C)c(F)c(CN(C)C(=O)/C=C/CC[C@H](OC(=O)N(C)C)C(=O)O)nc12. The van der Waals surface area contributed by atoms with Crippen molar-refractivity contribution in [1.82, 2.24) is 23.9 Å². The second kappa shape index (κ2) is 17.8. The molecule has 15 heteroatoms. The summed E-state index contributed by atoms with van der Waals surface area (Å²) in [6, 6.07) is 4.32. The molecule has 3 rings (SSSR count). The highest BCUT2D eigenvalue weighted by Gasteiger charge is 2.27. The van der Waals surface area contributed by atoms with E-state index in [1.54, 1.807) is 16.7 Å². The molecule has 0 aliphatic heterocycles. The van der Waals surface area contributed by atoms with Gasteiger partial charge >= 0.3 is 12.1 Å². The zero-order valence-electron chi connectivity index (χ0n) is 32.2. The number of hydrogen-bond acceptors (Lipinski definition) is 8. The number of likely N-dealkylation sites (N-methyl/N-ethyl adjacent to an activating group) is 1. The number of nitrogens with two attached hydrogens (primary N) is 1. The number of ether oxygens (including phenoxy) is 2. The Morgan fingerprint density at radius 1 is 1.12 bits per heavy atom. The van der Waals surface area contributed by atoms with Gasteiger partial charge in [0.15, 0.2) is 5.82 Å². The lowest BCUT2D eigenvalue weighted by Crippen LogP contribution is -2.32. The van der Waals surface area contributed by atoms with Crippen LogP contribution in [0.25, 0.3) is 11.0 Å². The maximum Gasteiger partial charge on any atom is 0.410 e. The van der Waals surface area contributed by atoms with Crippen LogP contribution in [0.15, 0.2) is 29.1 Å². The van der Waals surface area contributed by atoms with Crippen molar-refractivity contribution in [3.63, 3.8) is 0 Å². The van der Waals surface area contributed by atoms with Crippen LogP contribution in [0.1, 0.15) is 54.9 Å². The van der Waals surface area contributed by atoms with Crippen LogP contribution in [-0.2, 0) is 45.3 Å². The molecule has 286 valence electrons. The molecule has 1 atom stereocenters. The second-order valence-electron chi connectivity index (χ2n) is 15.1. The third-order valence-electron chi connectivity index (χ3n) is 8.72. The first-order valence-electron chi connectivity index (χ1n) is 17.5. The molecule has 0 saturated carbocycles. The molecule has 0 bridgehead atoms. The van der Waals surface area contributed by atoms with Crippen LogP contribution >= 0.6 is 0 Å².